The molecule has 0 spiro atoms. The summed E-state index contributed by atoms with van der Waals surface area (Å²) in [6, 6.07) is 2.86. The van der Waals surface area contributed by atoms with E-state index in [2.05, 4.69) is 5.43 Å². The lowest BCUT2D eigenvalue weighted by Gasteiger charge is -2.34. The smallest absolute Gasteiger partial charge is 0.432 e. The largest absolute Gasteiger partial charge is 0.493 e. The minimum atomic E-state index is -1.74. The van der Waals surface area contributed by atoms with Gasteiger partial charge in [0, 0.05) is 5.56 Å². The Balaban J connectivity index is 2.34. The zero-order chi connectivity index (χ0) is 19.0. The van der Waals surface area contributed by atoms with Crippen LogP contribution in [0.25, 0.3) is 0 Å². The van der Waals surface area contributed by atoms with Crippen molar-refractivity contribution in [2.45, 2.75) is 32.1 Å². The van der Waals surface area contributed by atoms with Gasteiger partial charge in [-0.1, -0.05) is 0 Å². The molecule has 0 radical (unpaired) electrons. The van der Waals surface area contributed by atoms with E-state index in [4.69, 9.17) is 18.9 Å². The standard InChI is InChI=1S/C16H22N2O7/c1-15(2)16(3,21)18(14(20)25-15)17-13(19)9-7-10(22-4)12(24-6)11(8-9)23-5/h7-8,21H,1-6H3,(H,17,19). The third-order valence-corrected chi connectivity index (χ3v) is 4.24. The van der Waals surface area contributed by atoms with Gasteiger partial charge in [0.2, 0.25) is 5.75 Å². The molecule has 1 unspecified atom stereocenters. The third kappa shape index (κ3) is 3.02. The van der Waals surface area contributed by atoms with Crippen molar-refractivity contribution >= 4 is 12.0 Å². The maximum atomic E-state index is 12.6. The predicted molar refractivity (Wildman–Crippen MR) is 86.6 cm³/mol. The molecule has 1 saturated heterocycles. The maximum Gasteiger partial charge on any atom is 0.432 e. The molecule has 0 saturated carbocycles. The van der Waals surface area contributed by atoms with Crippen LogP contribution < -0.4 is 19.6 Å². The molecular formula is C16H22N2O7. The van der Waals surface area contributed by atoms with Crippen LogP contribution in [0.5, 0.6) is 17.2 Å². The van der Waals surface area contributed by atoms with E-state index < -0.39 is 23.3 Å². The first-order chi connectivity index (χ1) is 11.6. The van der Waals surface area contributed by atoms with E-state index >= 15 is 0 Å². The number of hydrogen-bond acceptors (Lipinski definition) is 7. The van der Waals surface area contributed by atoms with Crippen molar-refractivity contribution in [3.63, 3.8) is 0 Å². The van der Waals surface area contributed by atoms with E-state index in [0.29, 0.717) is 5.75 Å². The van der Waals surface area contributed by atoms with Crippen LogP contribution in [0.3, 0.4) is 0 Å². The highest BCUT2D eigenvalue weighted by Crippen LogP contribution is 2.39. The Morgan fingerprint density at radius 3 is 2.00 bits per heavy atom. The molecule has 2 rings (SSSR count). The highest BCUT2D eigenvalue weighted by Gasteiger charge is 2.57. The molecule has 25 heavy (non-hydrogen) atoms. The van der Waals surface area contributed by atoms with E-state index in [0.717, 1.165) is 5.01 Å². The molecule has 1 aliphatic heterocycles. The van der Waals surface area contributed by atoms with Crippen LogP contribution in [0.1, 0.15) is 31.1 Å². The van der Waals surface area contributed by atoms with E-state index in [-0.39, 0.29) is 17.1 Å². The molecule has 2 N–H and O–H groups in total. The van der Waals surface area contributed by atoms with Gasteiger partial charge >= 0.3 is 6.09 Å². The van der Waals surface area contributed by atoms with Gasteiger partial charge in [-0.2, -0.15) is 5.01 Å². The lowest BCUT2D eigenvalue weighted by molar-refractivity contribution is -0.136. The summed E-state index contributed by atoms with van der Waals surface area (Å²) in [6.45, 7) is 4.44. The minimum Gasteiger partial charge on any atom is -0.493 e. The van der Waals surface area contributed by atoms with Gasteiger partial charge in [0.05, 0.1) is 21.3 Å². The number of carbonyl (C=O) groups excluding carboxylic acids is 2. The Kier molecular flexibility index (Phi) is 4.72. The van der Waals surface area contributed by atoms with Crippen LogP contribution >= 0.6 is 0 Å². The van der Waals surface area contributed by atoms with Crippen LogP contribution in [0.2, 0.25) is 0 Å². The number of cyclic esters (lactones) is 1. The third-order valence-electron chi connectivity index (χ3n) is 4.24. The van der Waals surface area contributed by atoms with Gasteiger partial charge in [-0.25, -0.2) is 4.79 Å². The number of methoxy groups -OCH3 is 3. The number of nitrogens with one attached hydrogen (secondary N) is 1. The number of nitrogens with zero attached hydrogens (tertiary/aromatic N) is 1. The van der Waals surface area contributed by atoms with Crippen LogP contribution in [-0.2, 0) is 4.74 Å². The van der Waals surface area contributed by atoms with Crippen molar-refractivity contribution in [3.05, 3.63) is 17.7 Å². The maximum absolute atomic E-state index is 12.6. The number of benzene rings is 1. The summed E-state index contributed by atoms with van der Waals surface area (Å²) in [7, 11) is 4.29. The zero-order valence-corrected chi connectivity index (χ0v) is 15.0. The average molecular weight is 354 g/mol. The molecule has 1 aliphatic rings. The van der Waals surface area contributed by atoms with Crippen molar-refractivity contribution in [2.75, 3.05) is 21.3 Å². The first kappa shape index (κ1) is 18.7. The van der Waals surface area contributed by atoms with E-state index in [1.807, 2.05) is 0 Å². The number of rotatable bonds is 5. The lowest BCUT2D eigenvalue weighted by Crippen LogP contribution is -2.59. The van der Waals surface area contributed by atoms with Gasteiger partial charge in [-0.05, 0) is 32.9 Å². The monoisotopic (exact) mass is 354 g/mol. The summed E-state index contributed by atoms with van der Waals surface area (Å²) in [5, 5.41) is 11.3. The second-order valence-corrected chi connectivity index (χ2v) is 6.09. The second kappa shape index (κ2) is 6.32. The first-order valence-corrected chi connectivity index (χ1v) is 7.45. The van der Waals surface area contributed by atoms with Crippen molar-refractivity contribution in [3.8, 4) is 17.2 Å². The fraction of sp³-hybridized carbons (Fsp3) is 0.500. The Labute approximate surface area is 145 Å². The number of hydrazine groups is 1. The Bertz CT molecular complexity index is 675. The summed E-state index contributed by atoms with van der Waals surface area (Å²) in [5.41, 5.74) is -0.447. The number of carbonyl (C=O) groups is 2. The van der Waals surface area contributed by atoms with E-state index in [1.165, 1.54) is 54.2 Å². The van der Waals surface area contributed by atoms with Crippen molar-refractivity contribution in [1.82, 2.24) is 10.4 Å². The molecular weight excluding hydrogens is 332 g/mol. The van der Waals surface area contributed by atoms with Crippen molar-refractivity contribution in [2.24, 2.45) is 0 Å². The Morgan fingerprint density at radius 1 is 1.12 bits per heavy atom. The number of hydrogen-bond donors (Lipinski definition) is 2. The summed E-state index contributed by atoms with van der Waals surface area (Å²) < 4.78 is 20.7. The van der Waals surface area contributed by atoms with Crippen LogP contribution in [-0.4, -0.2) is 54.8 Å². The Morgan fingerprint density at radius 2 is 1.64 bits per heavy atom. The van der Waals surface area contributed by atoms with Gasteiger partial charge < -0.3 is 24.1 Å². The zero-order valence-electron chi connectivity index (χ0n) is 15.0. The molecule has 138 valence electrons. The molecule has 1 fully saturated rings. The molecule has 2 amide bonds. The van der Waals surface area contributed by atoms with Crippen LogP contribution in [0.15, 0.2) is 12.1 Å². The second-order valence-electron chi connectivity index (χ2n) is 6.09. The van der Waals surface area contributed by atoms with Crippen LogP contribution in [0, 0.1) is 0 Å². The fourth-order valence-corrected chi connectivity index (χ4v) is 2.34. The van der Waals surface area contributed by atoms with Crippen molar-refractivity contribution < 1.29 is 33.6 Å². The molecule has 1 aromatic carbocycles. The normalized spacial score (nSPS) is 21.6. The number of amides is 2. The van der Waals surface area contributed by atoms with Gasteiger partial charge in [0.25, 0.3) is 5.91 Å². The average Bonchev–Trinajstić information content (AvgIpc) is 2.71. The van der Waals surface area contributed by atoms with Gasteiger partial charge in [-0.3, -0.25) is 10.2 Å². The molecule has 1 aromatic rings. The van der Waals surface area contributed by atoms with E-state index in [1.54, 1.807) is 0 Å². The molecule has 1 heterocycles. The predicted octanol–water partition coefficient (Wildman–Crippen LogP) is 1.30. The summed E-state index contributed by atoms with van der Waals surface area (Å²) in [4.78, 5) is 24.5. The Hall–Kier alpha value is -2.68. The first-order valence-electron chi connectivity index (χ1n) is 7.45. The highest BCUT2D eigenvalue weighted by molar-refractivity contribution is 5.96. The fourth-order valence-electron chi connectivity index (χ4n) is 2.34. The van der Waals surface area contributed by atoms with Gasteiger partial charge in [0.15, 0.2) is 22.8 Å². The summed E-state index contributed by atoms with van der Waals surface area (Å²) in [5.74, 6) is 0.232. The molecule has 1 atom stereocenters. The molecule has 9 nitrogen and oxygen atoms in total. The molecule has 9 heteroatoms. The topological polar surface area (TPSA) is 107 Å². The quantitative estimate of drug-likeness (QED) is 0.821. The summed E-state index contributed by atoms with van der Waals surface area (Å²) >= 11 is 0. The molecule has 0 aromatic heterocycles. The lowest BCUT2D eigenvalue weighted by atomic mass is 9.97. The molecule has 0 aliphatic carbocycles. The van der Waals surface area contributed by atoms with Gasteiger partial charge in [-0.15, -0.1) is 0 Å². The molecule has 0 bridgehead atoms. The minimum absolute atomic E-state index is 0.141. The number of aliphatic hydroxyl groups is 1. The van der Waals surface area contributed by atoms with E-state index in [9.17, 15) is 14.7 Å². The van der Waals surface area contributed by atoms with Gasteiger partial charge in [0.1, 0.15) is 0 Å². The van der Waals surface area contributed by atoms with Crippen molar-refractivity contribution in [1.29, 1.82) is 0 Å². The highest BCUT2D eigenvalue weighted by atomic mass is 16.6. The SMILES string of the molecule is COc1cc(C(=O)NN2C(=O)OC(C)(C)C2(C)O)cc(OC)c1OC. The van der Waals surface area contributed by atoms with Crippen LogP contribution in [0.4, 0.5) is 4.79 Å². The summed E-state index contributed by atoms with van der Waals surface area (Å²) in [6.07, 6.45) is -0.865. The number of ether oxygens (including phenoxy) is 4.